The highest BCUT2D eigenvalue weighted by atomic mass is 35.5. The summed E-state index contributed by atoms with van der Waals surface area (Å²) in [7, 11) is 0. The maximum atomic E-state index is 11.9. The number of nitrogens with zero attached hydrogens (tertiary/aromatic N) is 2. The van der Waals surface area contributed by atoms with Gasteiger partial charge in [0.25, 0.3) is 5.91 Å². The SMILES string of the molecule is CCCCNC(=O)c1cnc(Nc2ccc(Cl)cc2C)nc1. The Morgan fingerprint density at radius 1 is 1.27 bits per heavy atom. The smallest absolute Gasteiger partial charge is 0.254 e. The van der Waals surface area contributed by atoms with Gasteiger partial charge in [-0.2, -0.15) is 0 Å². The Morgan fingerprint density at radius 2 is 2.00 bits per heavy atom. The molecule has 0 aliphatic carbocycles. The van der Waals surface area contributed by atoms with Crippen molar-refractivity contribution >= 4 is 29.1 Å². The molecule has 0 unspecified atom stereocenters. The number of amides is 1. The van der Waals surface area contributed by atoms with Crippen molar-refractivity contribution in [3.05, 3.63) is 46.7 Å². The van der Waals surface area contributed by atoms with Crippen LogP contribution in [0, 0.1) is 6.92 Å². The second-order valence-corrected chi connectivity index (χ2v) is 5.43. The van der Waals surface area contributed by atoms with Crippen molar-refractivity contribution < 1.29 is 4.79 Å². The Kier molecular flexibility index (Phi) is 5.72. The van der Waals surface area contributed by atoms with Gasteiger partial charge in [-0.15, -0.1) is 0 Å². The van der Waals surface area contributed by atoms with Gasteiger partial charge in [-0.1, -0.05) is 24.9 Å². The van der Waals surface area contributed by atoms with Gasteiger partial charge >= 0.3 is 0 Å². The van der Waals surface area contributed by atoms with E-state index in [0.717, 1.165) is 24.1 Å². The summed E-state index contributed by atoms with van der Waals surface area (Å²) in [5, 5.41) is 6.62. The first-order valence-electron chi connectivity index (χ1n) is 7.23. The Labute approximate surface area is 135 Å². The predicted molar refractivity (Wildman–Crippen MR) is 88.7 cm³/mol. The summed E-state index contributed by atoms with van der Waals surface area (Å²) in [5.41, 5.74) is 2.33. The maximum Gasteiger partial charge on any atom is 0.254 e. The van der Waals surface area contributed by atoms with Crippen LogP contribution < -0.4 is 10.6 Å². The molecular weight excluding hydrogens is 300 g/mol. The van der Waals surface area contributed by atoms with Crippen LogP contribution in [0.3, 0.4) is 0 Å². The molecule has 2 aromatic rings. The zero-order valence-electron chi connectivity index (χ0n) is 12.7. The van der Waals surface area contributed by atoms with E-state index in [0.29, 0.717) is 23.1 Å². The van der Waals surface area contributed by atoms with Gasteiger partial charge in [-0.25, -0.2) is 9.97 Å². The molecule has 0 radical (unpaired) electrons. The van der Waals surface area contributed by atoms with Crippen molar-refractivity contribution in [3.63, 3.8) is 0 Å². The van der Waals surface area contributed by atoms with Gasteiger partial charge in [-0.3, -0.25) is 4.79 Å². The summed E-state index contributed by atoms with van der Waals surface area (Å²) in [6.45, 7) is 4.69. The Morgan fingerprint density at radius 3 is 2.64 bits per heavy atom. The normalized spacial score (nSPS) is 10.3. The van der Waals surface area contributed by atoms with E-state index in [2.05, 4.69) is 27.5 Å². The summed E-state index contributed by atoms with van der Waals surface area (Å²) in [5.74, 6) is 0.290. The average Bonchev–Trinajstić information content (AvgIpc) is 2.51. The number of benzene rings is 1. The minimum absolute atomic E-state index is 0.150. The summed E-state index contributed by atoms with van der Waals surface area (Å²) < 4.78 is 0. The molecule has 0 atom stereocenters. The van der Waals surface area contributed by atoms with Crippen LogP contribution in [0.5, 0.6) is 0 Å². The maximum absolute atomic E-state index is 11.9. The van der Waals surface area contributed by atoms with Gasteiger partial charge in [0.05, 0.1) is 5.56 Å². The molecule has 0 aliphatic heterocycles. The zero-order valence-corrected chi connectivity index (χ0v) is 13.4. The molecular formula is C16H19ClN4O. The summed E-state index contributed by atoms with van der Waals surface area (Å²) >= 11 is 5.92. The third-order valence-corrected chi connectivity index (χ3v) is 3.40. The van der Waals surface area contributed by atoms with Crippen molar-refractivity contribution in [2.24, 2.45) is 0 Å². The molecule has 2 N–H and O–H groups in total. The van der Waals surface area contributed by atoms with Crippen LogP contribution in [-0.2, 0) is 0 Å². The number of hydrogen-bond acceptors (Lipinski definition) is 4. The van der Waals surface area contributed by atoms with Crippen molar-refractivity contribution in [1.82, 2.24) is 15.3 Å². The van der Waals surface area contributed by atoms with E-state index >= 15 is 0 Å². The number of hydrogen-bond donors (Lipinski definition) is 2. The monoisotopic (exact) mass is 318 g/mol. The van der Waals surface area contributed by atoms with Gasteiger partial charge < -0.3 is 10.6 Å². The highest BCUT2D eigenvalue weighted by Gasteiger charge is 2.07. The fourth-order valence-electron chi connectivity index (χ4n) is 1.88. The average molecular weight is 319 g/mol. The molecule has 0 fully saturated rings. The molecule has 116 valence electrons. The summed E-state index contributed by atoms with van der Waals surface area (Å²) in [4.78, 5) is 20.2. The molecule has 0 aliphatic rings. The molecule has 1 amide bonds. The molecule has 0 spiro atoms. The van der Waals surface area contributed by atoms with Crippen LogP contribution in [0.25, 0.3) is 0 Å². The molecule has 2 rings (SSSR count). The lowest BCUT2D eigenvalue weighted by Crippen LogP contribution is -2.24. The molecule has 5 nitrogen and oxygen atoms in total. The lowest BCUT2D eigenvalue weighted by atomic mass is 10.2. The van der Waals surface area contributed by atoms with Crippen molar-refractivity contribution in [1.29, 1.82) is 0 Å². The lowest BCUT2D eigenvalue weighted by Gasteiger charge is -2.09. The molecule has 0 saturated carbocycles. The van der Waals surface area contributed by atoms with Crippen LogP contribution in [0.1, 0.15) is 35.7 Å². The van der Waals surface area contributed by atoms with Crippen LogP contribution in [-0.4, -0.2) is 22.4 Å². The van der Waals surface area contributed by atoms with E-state index in [9.17, 15) is 4.79 Å². The summed E-state index contributed by atoms with van der Waals surface area (Å²) in [6.07, 6.45) is 5.03. The topological polar surface area (TPSA) is 66.9 Å². The fourth-order valence-corrected chi connectivity index (χ4v) is 2.11. The number of unbranched alkanes of at least 4 members (excludes halogenated alkanes) is 1. The van der Waals surface area contributed by atoms with Gasteiger partial charge in [0, 0.05) is 29.6 Å². The number of halogens is 1. The molecule has 1 heterocycles. The minimum atomic E-state index is -0.150. The van der Waals surface area contributed by atoms with E-state index < -0.39 is 0 Å². The van der Waals surface area contributed by atoms with E-state index in [1.807, 2.05) is 19.1 Å². The predicted octanol–water partition coefficient (Wildman–Crippen LogP) is 3.71. The van der Waals surface area contributed by atoms with Crippen LogP contribution in [0.2, 0.25) is 5.02 Å². The van der Waals surface area contributed by atoms with Crippen molar-refractivity contribution in [3.8, 4) is 0 Å². The Bertz CT molecular complexity index is 643. The number of aromatic nitrogens is 2. The standard InChI is InChI=1S/C16H19ClN4O/c1-3-4-7-18-15(22)12-9-19-16(20-10-12)21-14-6-5-13(17)8-11(14)2/h5-6,8-10H,3-4,7H2,1-2H3,(H,18,22)(H,19,20,21). The molecule has 1 aromatic heterocycles. The third-order valence-electron chi connectivity index (χ3n) is 3.16. The Balaban J connectivity index is 2.01. The fraction of sp³-hybridized carbons (Fsp3) is 0.312. The number of carbonyl (C=O) groups is 1. The zero-order chi connectivity index (χ0) is 15.9. The lowest BCUT2D eigenvalue weighted by molar-refractivity contribution is 0.0952. The molecule has 0 bridgehead atoms. The molecule has 0 saturated heterocycles. The van der Waals surface area contributed by atoms with Gasteiger partial charge in [-0.05, 0) is 37.1 Å². The van der Waals surface area contributed by atoms with E-state index in [-0.39, 0.29) is 5.91 Å². The number of carbonyl (C=O) groups excluding carboxylic acids is 1. The van der Waals surface area contributed by atoms with Gasteiger partial charge in [0.1, 0.15) is 0 Å². The highest BCUT2D eigenvalue weighted by Crippen LogP contribution is 2.21. The van der Waals surface area contributed by atoms with E-state index in [1.54, 1.807) is 6.07 Å². The highest BCUT2D eigenvalue weighted by molar-refractivity contribution is 6.30. The number of nitrogens with one attached hydrogen (secondary N) is 2. The van der Waals surface area contributed by atoms with E-state index in [1.165, 1.54) is 12.4 Å². The van der Waals surface area contributed by atoms with Crippen molar-refractivity contribution in [2.75, 3.05) is 11.9 Å². The van der Waals surface area contributed by atoms with Crippen LogP contribution in [0.4, 0.5) is 11.6 Å². The van der Waals surface area contributed by atoms with Gasteiger partial charge in [0.15, 0.2) is 0 Å². The number of anilines is 2. The summed E-state index contributed by atoms with van der Waals surface area (Å²) in [6, 6.07) is 5.53. The first-order valence-corrected chi connectivity index (χ1v) is 7.61. The van der Waals surface area contributed by atoms with Crippen LogP contribution in [0.15, 0.2) is 30.6 Å². The molecule has 22 heavy (non-hydrogen) atoms. The minimum Gasteiger partial charge on any atom is -0.352 e. The quantitative estimate of drug-likeness (QED) is 0.797. The second kappa shape index (κ2) is 7.75. The van der Waals surface area contributed by atoms with E-state index in [4.69, 9.17) is 11.6 Å². The molecule has 1 aromatic carbocycles. The van der Waals surface area contributed by atoms with Crippen LogP contribution >= 0.6 is 11.6 Å². The largest absolute Gasteiger partial charge is 0.352 e. The van der Waals surface area contributed by atoms with Gasteiger partial charge in [0.2, 0.25) is 5.95 Å². The number of aryl methyl sites for hydroxylation is 1. The first kappa shape index (κ1) is 16.2. The second-order valence-electron chi connectivity index (χ2n) is 4.99. The molecule has 6 heteroatoms. The third kappa shape index (κ3) is 4.43. The van der Waals surface area contributed by atoms with Crippen molar-refractivity contribution in [2.45, 2.75) is 26.7 Å². The Hall–Kier alpha value is -2.14. The first-order chi connectivity index (χ1) is 10.6. The number of rotatable bonds is 6.